The Morgan fingerprint density at radius 3 is 2.51 bits per heavy atom. The highest BCUT2D eigenvalue weighted by Crippen LogP contribution is 2.46. The molecule has 8 nitrogen and oxygen atoms in total. The molecule has 0 aromatic heterocycles. The van der Waals surface area contributed by atoms with Crippen molar-refractivity contribution in [2.75, 3.05) is 26.8 Å². The number of rotatable bonds is 7. The minimum absolute atomic E-state index is 0.00000848. The minimum atomic E-state index is -0.432. The first kappa shape index (κ1) is 27.0. The van der Waals surface area contributed by atoms with E-state index in [1.807, 2.05) is 36.0 Å². The van der Waals surface area contributed by atoms with Crippen LogP contribution in [-0.2, 0) is 23.9 Å². The Labute approximate surface area is 222 Å². The second-order valence-electron chi connectivity index (χ2n) is 9.54. The Kier molecular flexibility index (Phi) is 8.42. The lowest BCUT2D eigenvalue weighted by Gasteiger charge is -2.38. The van der Waals surface area contributed by atoms with Crippen LogP contribution in [-0.4, -0.2) is 59.6 Å². The van der Waals surface area contributed by atoms with Gasteiger partial charge in [0.25, 0.3) is 0 Å². The molecule has 1 saturated heterocycles. The molecule has 1 aromatic carbocycles. The summed E-state index contributed by atoms with van der Waals surface area (Å²) < 4.78 is 10.4. The molecule has 9 heteroatoms. The van der Waals surface area contributed by atoms with E-state index in [0.717, 1.165) is 27.6 Å². The van der Waals surface area contributed by atoms with E-state index in [1.54, 1.807) is 6.92 Å². The summed E-state index contributed by atoms with van der Waals surface area (Å²) in [4.78, 5) is 47.2. The molecule has 1 amide bonds. The van der Waals surface area contributed by atoms with Crippen molar-refractivity contribution in [3.63, 3.8) is 0 Å². The SMILES string of the molecule is CCOC(=O)C1CCN(C(=O)CC2=CSC3=NC(CC)=C(C(=O)OC)C(c4cc(C)ccc4C)N23)CC1. The number of thioether (sulfide) groups is 1. The lowest BCUT2D eigenvalue weighted by molar-refractivity contribution is -0.151. The number of methoxy groups -OCH3 is 1. The van der Waals surface area contributed by atoms with Crippen LogP contribution in [0.2, 0.25) is 0 Å². The molecule has 0 spiro atoms. The second-order valence-corrected chi connectivity index (χ2v) is 10.4. The molecule has 0 N–H and O–H groups in total. The molecule has 3 aliphatic rings. The summed E-state index contributed by atoms with van der Waals surface area (Å²) in [7, 11) is 1.39. The van der Waals surface area contributed by atoms with Crippen LogP contribution >= 0.6 is 11.8 Å². The van der Waals surface area contributed by atoms with Gasteiger partial charge in [-0.25, -0.2) is 9.79 Å². The van der Waals surface area contributed by atoms with E-state index in [9.17, 15) is 14.4 Å². The highest BCUT2D eigenvalue weighted by Gasteiger charge is 2.42. The largest absolute Gasteiger partial charge is 0.466 e. The predicted molar refractivity (Wildman–Crippen MR) is 143 cm³/mol. The first-order valence-electron chi connectivity index (χ1n) is 12.9. The number of nitrogens with zero attached hydrogens (tertiary/aromatic N) is 3. The number of amidine groups is 1. The van der Waals surface area contributed by atoms with E-state index in [0.29, 0.717) is 50.2 Å². The van der Waals surface area contributed by atoms with Crippen LogP contribution in [0.1, 0.15) is 62.3 Å². The van der Waals surface area contributed by atoms with E-state index >= 15 is 0 Å². The number of esters is 2. The van der Waals surface area contributed by atoms with E-state index in [-0.39, 0.29) is 24.2 Å². The van der Waals surface area contributed by atoms with Crippen LogP contribution in [0.25, 0.3) is 0 Å². The Hall–Kier alpha value is -3.07. The number of aliphatic imine (C=N–C) groups is 1. The average molecular weight is 526 g/mol. The normalized spacial score (nSPS) is 19.9. The number of piperidine rings is 1. The number of benzene rings is 1. The van der Waals surface area contributed by atoms with E-state index in [1.165, 1.54) is 18.9 Å². The zero-order valence-electron chi connectivity index (χ0n) is 22.2. The zero-order chi connectivity index (χ0) is 26.7. The number of aryl methyl sites for hydroxylation is 2. The Morgan fingerprint density at radius 2 is 1.86 bits per heavy atom. The maximum atomic E-state index is 13.4. The number of carbonyl (C=O) groups is 3. The van der Waals surface area contributed by atoms with Crippen LogP contribution in [0.15, 0.2) is 45.6 Å². The number of fused-ring (bicyclic) bond motifs is 1. The van der Waals surface area contributed by atoms with Crippen molar-refractivity contribution in [2.24, 2.45) is 10.9 Å². The number of allylic oxidation sites excluding steroid dienone is 1. The molecule has 1 unspecified atom stereocenters. The van der Waals surface area contributed by atoms with Gasteiger partial charge in [-0.1, -0.05) is 42.4 Å². The Balaban J connectivity index is 1.61. The van der Waals surface area contributed by atoms with Crippen LogP contribution < -0.4 is 0 Å². The van der Waals surface area contributed by atoms with E-state index in [4.69, 9.17) is 14.5 Å². The molecule has 0 radical (unpaired) electrons. The number of ether oxygens (including phenoxy) is 2. The predicted octanol–water partition coefficient (Wildman–Crippen LogP) is 4.63. The molecular weight excluding hydrogens is 490 g/mol. The van der Waals surface area contributed by atoms with Gasteiger partial charge in [0.1, 0.15) is 0 Å². The van der Waals surface area contributed by atoms with Gasteiger partial charge in [0.05, 0.1) is 43.4 Å². The highest BCUT2D eigenvalue weighted by atomic mass is 32.2. The average Bonchev–Trinajstić information content (AvgIpc) is 3.30. The molecule has 198 valence electrons. The molecule has 3 aliphatic heterocycles. The summed E-state index contributed by atoms with van der Waals surface area (Å²) >= 11 is 1.48. The van der Waals surface area contributed by atoms with Gasteiger partial charge >= 0.3 is 11.9 Å². The summed E-state index contributed by atoms with van der Waals surface area (Å²) in [6, 6.07) is 5.78. The summed E-state index contributed by atoms with van der Waals surface area (Å²) in [6.07, 6.45) is 1.99. The topological polar surface area (TPSA) is 88.5 Å². The van der Waals surface area contributed by atoms with Gasteiger partial charge in [-0.2, -0.15) is 0 Å². The van der Waals surface area contributed by atoms with Gasteiger partial charge in [0.2, 0.25) is 5.91 Å². The lowest BCUT2D eigenvalue weighted by Crippen LogP contribution is -2.42. The molecule has 0 aliphatic carbocycles. The van der Waals surface area contributed by atoms with Crippen molar-refractivity contribution >= 4 is 34.8 Å². The molecule has 1 aromatic rings. The third kappa shape index (κ3) is 5.46. The fraction of sp³-hybridized carbons (Fsp3) is 0.500. The first-order chi connectivity index (χ1) is 17.8. The van der Waals surface area contributed by atoms with Crippen LogP contribution in [0.3, 0.4) is 0 Å². The molecule has 1 atom stereocenters. The molecule has 0 bridgehead atoms. The van der Waals surface area contributed by atoms with Gasteiger partial charge in [0, 0.05) is 18.8 Å². The van der Waals surface area contributed by atoms with Crippen LogP contribution in [0.5, 0.6) is 0 Å². The zero-order valence-corrected chi connectivity index (χ0v) is 23.0. The van der Waals surface area contributed by atoms with Crippen molar-refractivity contribution in [1.29, 1.82) is 0 Å². The summed E-state index contributed by atoms with van der Waals surface area (Å²) in [6.45, 7) is 9.27. The number of amides is 1. The van der Waals surface area contributed by atoms with Gasteiger partial charge in [0.15, 0.2) is 5.17 Å². The molecular formula is C28H35N3O5S. The number of hydrogen-bond acceptors (Lipinski definition) is 8. The fourth-order valence-corrected chi connectivity index (χ4v) is 6.09. The molecule has 0 saturated carbocycles. The van der Waals surface area contributed by atoms with Crippen molar-refractivity contribution in [3.05, 3.63) is 57.3 Å². The lowest BCUT2D eigenvalue weighted by atomic mass is 9.89. The second kappa shape index (κ2) is 11.5. The van der Waals surface area contributed by atoms with Gasteiger partial charge in [-0.05, 0) is 56.6 Å². The quantitative estimate of drug-likeness (QED) is 0.480. The standard InChI is InChI=1S/C28H35N3O5S/c1-6-22-24(27(34)35-5)25(21-14-17(3)8-9-18(21)4)31-20(16-37-28(31)29-22)15-23(32)30-12-10-19(11-13-30)26(33)36-7-2/h8-9,14,16,19,25H,6-7,10-13,15H2,1-5H3. The monoisotopic (exact) mass is 525 g/mol. The van der Waals surface area contributed by atoms with Crippen LogP contribution in [0.4, 0.5) is 0 Å². The van der Waals surface area contributed by atoms with Gasteiger partial charge in [-0.3, -0.25) is 9.59 Å². The van der Waals surface area contributed by atoms with Gasteiger partial charge < -0.3 is 19.3 Å². The number of hydrogen-bond donors (Lipinski definition) is 0. The smallest absolute Gasteiger partial charge is 0.338 e. The highest BCUT2D eigenvalue weighted by molar-refractivity contribution is 8.16. The first-order valence-corrected chi connectivity index (χ1v) is 13.7. The van der Waals surface area contributed by atoms with E-state index in [2.05, 4.69) is 18.2 Å². The van der Waals surface area contributed by atoms with Crippen molar-refractivity contribution in [2.45, 2.75) is 59.4 Å². The van der Waals surface area contributed by atoms with E-state index < -0.39 is 12.0 Å². The third-order valence-corrected chi connectivity index (χ3v) is 8.05. The molecule has 1 fully saturated rings. The maximum Gasteiger partial charge on any atom is 0.338 e. The number of carbonyl (C=O) groups excluding carboxylic acids is 3. The fourth-order valence-electron chi connectivity index (χ4n) is 5.15. The summed E-state index contributed by atoms with van der Waals surface area (Å²) in [5.74, 6) is -0.738. The minimum Gasteiger partial charge on any atom is -0.466 e. The van der Waals surface area contributed by atoms with Crippen molar-refractivity contribution in [1.82, 2.24) is 9.80 Å². The maximum absolute atomic E-state index is 13.4. The molecule has 37 heavy (non-hydrogen) atoms. The summed E-state index contributed by atoms with van der Waals surface area (Å²) in [5, 5.41) is 2.73. The van der Waals surface area contributed by atoms with Crippen molar-refractivity contribution < 1.29 is 23.9 Å². The third-order valence-electron chi connectivity index (χ3n) is 7.16. The Morgan fingerprint density at radius 1 is 1.14 bits per heavy atom. The molecule has 3 heterocycles. The number of likely N-dealkylation sites (tertiary alicyclic amines) is 1. The molecule has 4 rings (SSSR count). The van der Waals surface area contributed by atoms with Crippen LogP contribution in [0, 0.1) is 19.8 Å². The van der Waals surface area contributed by atoms with Gasteiger partial charge in [-0.15, -0.1) is 0 Å². The summed E-state index contributed by atoms with van der Waals surface area (Å²) in [5.41, 5.74) is 5.16. The Bertz CT molecular complexity index is 1180. The van der Waals surface area contributed by atoms with Crippen molar-refractivity contribution in [3.8, 4) is 0 Å².